The van der Waals surface area contributed by atoms with Gasteiger partial charge in [-0.3, -0.25) is 4.79 Å². The third kappa shape index (κ3) is 5.95. The van der Waals surface area contributed by atoms with Crippen LogP contribution in [-0.2, 0) is 11.3 Å². The molecule has 1 fully saturated rings. The molecule has 4 aromatic rings. The normalized spacial score (nSPS) is 13.8. The van der Waals surface area contributed by atoms with Crippen LogP contribution in [-0.4, -0.2) is 34.6 Å². The number of methoxy groups -OCH3 is 1. The summed E-state index contributed by atoms with van der Waals surface area (Å²) in [4.78, 5) is 16.0. The third-order valence-corrected chi connectivity index (χ3v) is 6.41. The van der Waals surface area contributed by atoms with Gasteiger partial charge in [0.2, 0.25) is 0 Å². The van der Waals surface area contributed by atoms with Crippen molar-refractivity contribution in [1.29, 1.82) is 0 Å². The number of hydrogen-bond acceptors (Lipinski definition) is 5. The van der Waals surface area contributed by atoms with Gasteiger partial charge in [0.25, 0.3) is 0 Å². The second kappa shape index (κ2) is 12.3. The number of benzene rings is 2. The van der Waals surface area contributed by atoms with Crippen LogP contribution in [0.1, 0.15) is 66.6 Å². The van der Waals surface area contributed by atoms with Crippen LogP contribution in [0.2, 0.25) is 0 Å². The number of carbonyl (C=O) groups excluding carboxylic acids is 1. The lowest BCUT2D eigenvalue weighted by molar-refractivity contribution is 0.112. The van der Waals surface area contributed by atoms with Gasteiger partial charge >= 0.3 is 0 Å². The van der Waals surface area contributed by atoms with E-state index in [-0.39, 0.29) is 0 Å². The topological polar surface area (TPSA) is 65.7 Å². The second-order valence-corrected chi connectivity index (χ2v) is 8.72. The van der Waals surface area contributed by atoms with Crippen LogP contribution in [0.5, 0.6) is 5.75 Å². The molecule has 2 aromatic carbocycles. The summed E-state index contributed by atoms with van der Waals surface area (Å²) >= 11 is 0. The number of hydrogen-bond donors (Lipinski definition) is 0. The lowest BCUT2D eigenvalue weighted by Crippen LogP contribution is -2.12. The fraction of sp³-hybridized carbons (Fsp3) is 0.345. The van der Waals surface area contributed by atoms with Crippen molar-refractivity contribution in [2.45, 2.75) is 51.6 Å². The number of nitrogens with zero attached hydrogens (tertiary/aromatic N) is 3. The molecule has 1 aliphatic rings. The van der Waals surface area contributed by atoms with E-state index < -0.39 is 0 Å². The van der Waals surface area contributed by atoms with E-state index in [1.165, 1.54) is 19.3 Å². The molecule has 1 saturated carbocycles. The highest BCUT2D eigenvalue weighted by molar-refractivity contribution is 5.84. The van der Waals surface area contributed by atoms with Crippen molar-refractivity contribution in [2.75, 3.05) is 13.7 Å². The predicted octanol–water partition coefficient (Wildman–Crippen LogP) is 6.49. The highest BCUT2D eigenvalue weighted by Crippen LogP contribution is 2.38. The lowest BCUT2D eigenvalue weighted by Gasteiger charge is -2.25. The molecule has 0 atom stereocenters. The maximum Gasteiger partial charge on any atom is 0.165 e. The van der Waals surface area contributed by atoms with E-state index in [9.17, 15) is 4.79 Å². The Morgan fingerprint density at radius 3 is 2.37 bits per heavy atom. The SMILES string of the molecule is CCOC.O=Cc1cnn2c(C3CCCCC3)c(-c3ccc(OCc4ccccc4)cc3)cnc12. The minimum atomic E-state index is 0.419. The molecule has 2 heterocycles. The van der Waals surface area contributed by atoms with E-state index in [1.54, 1.807) is 13.3 Å². The van der Waals surface area contributed by atoms with Crippen molar-refractivity contribution in [3.05, 3.63) is 83.8 Å². The van der Waals surface area contributed by atoms with E-state index in [0.29, 0.717) is 23.7 Å². The molecule has 0 saturated heterocycles. The fourth-order valence-electron chi connectivity index (χ4n) is 4.51. The van der Waals surface area contributed by atoms with Crippen molar-refractivity contribution in [2.24, 2.45) is 0 Å². The maximum atomic E-state index is 11.4. The Labute approximate surface area is 206 Å². The van der Waals surface area contributed by atoms with Crippen molar-refractivity contribution >= 4 is 11.9 Å². The quantitative estimate of drug-likeness (QED) is 0.288. The minimum Gasteiger partial charge on any atom is -0.489 e. The van der Waals surface area contributed by atoms with Crippen LogP contribution in [0.15, 0.2) is 67.0 Å². The summed E-state index contributed by atoms with van der Waals surface area (Å²) in [5.74, 6) is 1.26. The van der Waals surface area contributed by atoms with E-state index in [1.807, 2.05) is 48.0 Å². The Kier molecular flexibility index (Phi) is 8.63. The van der Waals surface area contributed by atoms with Crippen molar-refractivity contribution in [1.82, 2.24) is 14.6 Å². The Morgan fingerprint density at radius 2 is 1.71 bits per heavy atom. The largest absolute Gasteiger partial charge is 0.489 e. The van der Waals surface area contributed by atoms with Gasteiger partial charge in [0.15, 0.2) is 11.9 Å². The van der Waals surface area contributed by atoms with Crippen molar-refractivity contribution < 1.29 is 14.3 Å². The molecule has 6 heteroatoms. The van der Waals surface area contributed by atoms with Gasteiger partial charge in [-0.25, -0.2) is 9.50 Å². The van der Waals surface area contributed by atoms with Crippen molar-refractivity contribution in [3.8, 4) is 16.9 Å². The molecule has 5 rings (SSSR count). The molecule has 182 valence electrons. The fourth-order valence-corrected chi connectivity index (χ4v) is 4.51. The number of aromatic nitrogens is 3. The molecule has 0 radical (unpaired) electrons. The number of aldehydes is 1. The molecule has 0 aliphatic heterocycles. The molecule has 0 N–H and O–H groups in total. The molecular formula is C29H33N3O3. The smallest absolute Gasteiger partial charge is 0.165 e. The first-order chi connectivity index (χ1) is 17.2. The summed E-state index contributed by atoms with van der Waals surface area (Å²) in [6, 6.07) is 18.3. The van der Waals surface area contributed by atoms with E-state index >= 15 is 0 Å². The van der Waals surface area contributed by atoms with Crippen LogP contribution in [0.25, 0.3) is 16.8 Å². The Morgan fingerprint density at radius 1 is 1.00 bits per heavy atom. The zero-order valence-electron chi connectivity index (χ0n) is 20.5. The van der Waals surface area contributed by atoms with Gasteiger partial charge in [-0.1, -0.05) is 61.7 Å². The first kappa shape index (κ1) is 24.6. The molecule has 35 heavy (non-hydrogen) atoms. The molecule has 0 unspecified atom stereocenters. The maximum absolute atomic E-state index is 11.4. The second-order valence-electron chi connectivity index (χ2n) is 8.72. The number of carbonyl (C=O) groups is 1. The average molecular weight is 472 g/mol. The highest BCUT2D eigenvalue weighted by atomic mass is 16.5. The van der Waals surface area contributed by atoms with Gasteiger partial charge < -0.3 is 9.47 Å². The summed E-state index contributed by atoms with van der Waals surface area (Å²) in [6.07, 6.45) is 10.4. The molecule has 0 spiro atoms. The van der Waals surface area contributed by atoms with E-state index in [2.05, 4.69) is 39.1 Å². The van der Waals surface area contributed by atoms with Gasteiger partial charge in [-0.05, 0) is 43.0 Å². The molecule has 0 bridgehead atoms. The molecule has 6 nitrogen and oxygen atoms in total. The number of fused-ring (bicyclic) bond motifs is 1. The molecular weight excluding hydrogens is 438 g/mol. The van der Waals surface area contributed by atoms with Gasteiger partial charge in [0, 0.05) is 31.4 Å². The summed E-state index contributed by atoms with van der Waals surface area (Å²) in [5, 5.41) is 4.53. The van der Waals surface area contributed by atoms with Crippen LogP contribution in [0.4, 0.5) is 0 Å². The molecule has 2 aromatic heterocycles. The predicted molar refractivity (Wildman–Crippen MR) is 138 cm³/mol. The standard InChI is InChI=1S/C26H25N3O2.C3H8O/c30-17-22-15-28-29-25(21-9-5-2-6-10-21)24(16-27-26(22)29)20-11-13-23(14-12-20)31-18-19-7-3-1-4-8-19;1-3-4-2/h1,3-4,7-8,11-17,21H,2,5-6,9-10,18H2;3H2,1-2H3. The van der Waals surface area contributed by atoms with Crippen LogP contribution >= 0.6 is 0 Å². The van der Waals surface area contributed by atoms with Crippen LogP contribution in [0, 0.1) is 0 Å². The summed E-state index contributed by atoms with van der Waals surface area (Å²) in [5.41, 5.74) is 5.65. The first-order valence-corrected chi connectivity index (χ1v) is 12.3. The van der Waals surface area contributed by atoms with Gasteiger partial charge in [0.1, 0.15) is 12.4 Å². The summed E-state index contributed by atoms with van der Waals surface area (Å²) in [7, 11) is 1.68. The number of rotatable bonds is 7. The summed E-state index contributed by atoms with van der Waals surface area (Å²) in [6.45, 7) is 3.32. The van der Waals surface area contributed by atoms with Gasteiger partial charge in [-0.2, -0.15) is 5.10 Å². The van der Waals surface area contributed by atoms with Crippen molar-refractivity contribution in [3.63, 3.8) is 0 Å². The zero-order valence-corrected chi connectivity index (χ0v) is 20.5. The third-order valence-electron chi connectivity index (χ3n) is 6.41. The minimum absolute atomic E-state index is 0.419. The average Bonchev–Trinajstić information content (AvgIpc) is 3.36. The zero-order chi connectivity index (χ0) is 24.5. The summed E-state index contributed by atoms with van der Waals surface area (Å²) < 4.78 is 12.4. The highest BCUT2D eigenvalue weighted by Gasteiger charge is 2.24. The lowest BCUT2D eigenvalue weighted by atomic mass is 9.84. The van der Waals surface area contributed by atoms with E-state index in [0.717, 1.165) is 53.9 Å². The van der Waals surface area contributed by atoms with E-state index in [4.69, 9.17) is 4.74 Å². The first-order valence-electron chi connectivity index (χ1n) is 12.3. The Bertz CT molecular complexity index is 1210. The monoisotopic (exact) mass is 471 g/mol. The molecule has 1 aliphatic carbocycles. The van der Waals surface area contributed by atoms with Crippen LogP contribution in [0.3, 0.4) is 0 Å². The number of ether oxygens (including phenoxy) is 2. The van der Waals surface area contributed by atoms with Gasteiger partial charge in [0.05, 0.1) is 17.5 Å². The van der Waals surface area contributed by atoms with Gasteiger partial charge in [-0.15, -0.1) is 0 Å². The molecule has 0 amide bonds. The Hall–Kier alpha value is -3.51. The Balaban J connectivity index is 0.000000672. The van der Waals surface area contributed by atoms with Crippen LogP contribution < -0.4 is 4.74 Å².